The molecule has 0 heterocycles. The first-order valence-corrected chi connectivity index (χ1v) is 11.1. The Kier molecular flexibility index (Phi) is 8.25. The summed E-state index contributed by atoms with van der Waals surface area (Å²) in [6.07, 6.45) is 0.665. The van der Waals surface area contributed by atoms with Gasteiger partial charge in [-0.05, 0) is 42.7 Å². The Morgan fingerprint density at radius 3 is 2.18 bits per heavy atom. The number of amides is 2. The minimum absolute atomic E-state index is 0.0904. The van der Waals surface area contributed by atoms with Crippen molar-refractivity contribution in [2.45, 2.75) is 39.3 Å². The van der Waals surface area contributed by atoms with E-state index in [1.807, 2.05) is 80.6 Å². The van der Waals surface area contributed by atoms with E-state index in [0.717, 1.165) is 27.8 Å². The van der Waals surface area contributed by atoms with E-state index in [1.165, 1.54) is 0 Å². The van der Waals surface area contributed by atoms with E-state index in [0.29, 0.717) is 18.7 Å². The van der Waals surface area contributed by atoms with Gasteiger partial charge < -0.3 is 15.0 Å². The summed E-state index contributed by atoms with van der Waals surface area (Å²) in [5.74, 6) is 0.441. The second kappa shape index (κ2) is 11.3. The Morgan fingerprint density at radius 2 is 1.55 bits per heavy atom. The number of hydrogen-bond donors (Lipinski definition) is 1. The number of nitrogens with one attached hydrogen (secondary N) is 1. The van der Waals surface area contributed by atoms with Crippen LogP contribution in [0.5, 0.6) is 5.75 Å². The molecule has 33 heavy (non-hydrogen) atoms. The molecule has 0 aliphatic carbocycles. The fraction of sp³-hybridized carbons (Fsp3) is 0.286. The summed E-state index contributed by atoms with van der Waals surface area (Å²) in [6, 6.07) is 22.9. The number of methoxy groups -OCH3 is 1. The van der Waals surface area contributed by atoms with Crippen LogP contribution in [0.1, 0.15) is 27.8 Å². The first kappa shape index (κ1) is 24.1. The van der Waals surface area contributed by atoms with E-state index in [1.54, 1.807) is 19.1 Å². The number of carbonyl (C=O) groups is 2. The number of likely N-dealkylation sites (N-methyl/N-ethyl adjacent to an activating group) is 1. The van der Waals surface area contributed by atoms with Gasteiger partial charge in [-0.1, -0.05) is 71.8 Å². The Balaban J connectivity index is 1.97. The van der Waals surface area contributed by atoms with Gasteiger partial charge in [0.15, 0.2) is 0 Å². The van der Waals surface area contributed by atoms with Crippen LogP contribution in [0.15, 0.2) is 72.8 Å². The van der Waals surface area contributed by atoms with Gasteiger partial charge in [0.2, 0.25) is 11.8 Å². The van der Waals surface area contributed by atoms with Gasteiger partial charge in [-0.3, -0.25) is 9.59 Å². The van der Waals surface area contributed by atoms with E-state index in [9.17, 15) is 9.59 Å². The topological polar surface area (TPSA) is 58.6 Å². The van der Waals surface area contributed by atoms with Gasteiger partial charge in [0.05, 0.1) is 13.5 Å². The third kappa shape index (κ3) is 6.69. The van der Waals surface area contributed by atoms with Gasteiger partial charge in [0.25, 0.3) is 0 Å². The summed E-state index contributed by atoms with van der Waals surface area (Å²) in [5, 5.41) is 2.75. The minimum Gasteiger partial charge on any atom is -0.497 e. The molecule has 3 aromatic rings. The van der Waals surface area contributed by atoms with Crippen LogP contribution in [-0.2, 0) is 29.0 Å². The molecule has 1 atom stereocenters. The number of carbonyl (C=O) groups excluding carboxylic acids is 2. The molecule has 3 rings (SSSR count). The third-order valence-corrected chi connectivity index (χ3v) is 5.64. The maximum Gasteiger partial charge on any atom is 0.242 e. The van der Waals surface area contributed by atoms with Crippen molar-refractivity contribution in [2.24, 2.45) is 0 Å². The number of nitrogens with zero attached hydrogens (tertiary/aromatic N) is 1. The number of hydrogen-bond acceptors (Lipinski definition) is 3. The summed E-state index contributed by atoms with van der Waals surface area (Å²) in [7, 11) is 3.23. The predicted molar refractivity (Wildman–Crippen MR) is 131 cm³/mol. The summed E-state index contributed by atoms with van der Waals surface area (Å²) in [4.78, 5) is 28.4. The van der Waals surface area contributed by atoms with E-state index < -0.39 is 6.04 Å². The van der Waals surface area contributed by atoms with Crippen LogP contribution in [-0.4, -0.2) is 36.9 Å². The normalized spacial score (nSPS) is 11.5. The number of ether oxygens (including phenoxy) is 1. The Hall–Kier alpha value is -3.60. The molecule has 0 aromatic heterocycles. The van der Waals surface area contributed by atoms with Gasteiger partial charge in [0, 0.05) is 20.0 Å². The highest BCUT2D eigenvalue weighted by atomic mass is 16.5. The van der Waals surface area contributed by atoms with Crippen LogP contribution in [0.25, 0.3) is 0 Å². The average molecular weight is 445 g/mol. The molecule has 1 N–H and O–H groups in total. The highest BCUT2D eigenvalue weighted by molar-refractivity contribution is 5.88. The van der Waals surface area contributed by atoms with Crippen molar-refractivity contribution >= 4 is 11.8 Å². The van der Waals surface area contributed by atoms with Crippen molar-refractivity contribution < 1.29 is 14.3 Å². The highest BCUT2D eigenvalue weighted by Crippen LogP contribution is 2.20. The van der Waals surface area contributed by atoms with E-state index in [2.05, 4.69) is 11.4 Å². The molecule has 5 nitrogen and oxygen atoms in total. The van der Waals surface area contributed by atoms with Crippen molar-refractivity contribution in [2.75, 3.05) is 14.2 Å². The van der Waals surface area contributed by atoms with E-state index in [-0.39, 0.29) is 18.2 Å². The zero-order valence-corrected chi connectivity index (χ0v) is 19.8. The van der Waals surface area contributed by atoms with E-state index >= 15 is 0 Å². The quantitative estimate of drug-likeness (QED) is 0.537. The molecule has 5 heteroatoms. The van der Waals surface area contributed by atoms with Crippen molar-refractivity contribution in [1.82, 2.24) is 10.2 Å². The maximum absolute atomic E-state index is 13.7. The molecule has 0 fully saturated rings. The lowest BCUT2D eigenvalue weighted by Gasteiger charge is -2.31. The summed E-state index contributed by atoms with van der Waals surface area (Å²) in [5.41, 5.74) is 5.09. The molecule has 0 saturated carbocycles. The Morgan fingerprint density at radius 1 is 0.879 bits per heavy atom. The second-order valence-corrected chi connectivity index (χ2v) is 8.37. The molecular formula is C28H32N2O3. The van der Waals surface area contributed by atoms with Crippen LogP contribution < -0.4 is 10.1 Å². The lowest BCUT2D eigenvalue weighted by molar-refractivity contribution is -0.140. The smallest absolute Gasteiger partial charge is 0.242 e. The zero-order chi connectivity index (χ0) is 23.8. The fourth-order valence-electron chi connectivity index (χ4n) is 4.14. The molecule has 0 aliphatic rings. The van der Waals surface area contributed by atoms with Gasteiger partial charge in [0.1, 0.15) is 11.8 Å². The molecular weight excluding hydrogens is 412 g/mol. The van der Waals surface area contributed by atoms with Crippen molar-refractivity contribution in [3.05, 3.63) is 101 Å². The zero-order valence-electron chi connectivity index (χ0n) is 19.8. The van der Waals surface area contributed by atoms with Gasteiger partial charge in [-0.2, -0.15) is 0 Å². The van der Waals surface area contributed by atoms with Crippen LogP contribution in [0.2, 0.25) is 0 Å². The number of benzene rings is 3. The molecule has 0 aliphatic heterocycles. The van der Waals surface area contributed by atoms with Gasteiger partial charge in [-0.25, -0.2) is 0 Å². The second-order valence-electron chi connectivity index (χ2n) is 8.37. The minimum atomic E-state index is -0.637. The molecule has 0 spiro atoms. The fourth-order valence-corrected chi connectivity index (χ4v) is 4.14. The lowest BCUT2D eigenvalue weighted by atomic mass is 10.0. The third-order valence-electron chi connectivity index (χ3n) is 5.64. The summed E-state index contributed by atoms with van der Waals surface area (Å²) >= 11 is 0. The molecule has 0 bridgehead atoms. The summed E-state index contributed by atoms with van der Waals surface area (Å²) in [6.45, 7) is 4.36. The van der Waals surface area contributed by atoms with Gasteiger partial charge in [-0.15, -0.1) is 0 Å². The number of aryl methyl sites for hydroxylation is 2. The molecule has 172 valence electrons. The van der Waals surface area contributed by atoms with Crippen LogP contribution in [0.3, 0.4) is 0 Å². The maximum atomic E-state index is 13.7. The predicted octanol–water partition coefficient (Wildman–Crippen LogP) is 4.24. The standard InChI is InChI=1S/C28H32N2O3/c1-20-13-21(2)15-24(14-20)18-27(31)30(19-23-11-8-12-25(16-23)33-4)26(28(32)29-3)17-22-9-6-5-7-10-22/h5-16,26H,17-19H2,1-4H3,(H,29,32)/t26-/m0/s1. The molecule has 0 saturated heterocycles. The van der Waals surface area contributed by atoms with Crippen LogP contribution in [0, 0.1) is 13.8 Å². The molecule has 0 radical (unpaired) electrons. The SMILES string of the molecule is CNC(=O)[C@H](Cc1ccccc1)N(Cc1cccc(OC)c1)C(=O)Cc1cc(C)cc(C)c1. The van der Waals surface area contributed by atoms with Crippen LogP contribution >= 0.6 is 0 Å². The molecule has 3 aromatic carbocycles. The van der Waals surface area contributed by atoms with Crippen LogP contribution in [0.4, 0.5) is 0 Å². The number of rotatable bonds is 9. The van der Waals surface area contributed by atoms with Crippen molar-refractivity contribution in [3.63, 3.8) is 0 Å². The first-order valence-electron chi connectivity index (χ1n) is 11.1. The summed E-state index contributed by atoms with van der Waals surface area (Å²) < 4.78 is 5.36. The monoisotopic (exact) mass is 444 g/mol. The highest BCUT2D eigenvalue weighted by Gasteiger charge is 2.30. The van der Waals surface area contributed by atoms with Gasteiger partial charge >= 0.3 is 0 Å². The molecule has 2 amide bonds. The molecule has 0 unspecified atom stereocenters. The Labute approximate surface area is 196 Å². The Bertz CT molecular complexity index is 1080. The lowest BCUT2D eigenvalue weighted by Crippen LogP contribution is -2.50. The largest absolute Gasteiger partial charge is 0.497 e. The average Bonchev–Trinajstić information content (AvgIpc) is 2.81. The van der Waals surface area contributed by atoms with Crippen molar-refractivity contribution in [1.29, 1.82) is 0 Å². The van der Waals surface area contributed by atoms with Crippen molar-refractivity contribution in [3.8, 4) is 5.75 Å². The van der Waals surface area contributed by atoms with E-state index in [4.69, 9.17) is 4.74 Å². The first-order chi connectivity index (χ1) is 15.9.